The van der Waals surface area contributed by atoms with Crippen LogP contribution in [0.25, 0.3) is 0 Å². The van der Waals surface area contributed by atoms with E-state index in [9.17, 15) is 9.90 Å². The topological polar surface area (TPSA) is 77.9 Å². The molecule has 2 aromatic rings. The second-order valence-electron chi connectivity index (χ2n) is 5.55. The summed E-state index contributed by atoms with van der Waals surface area (Å²) in [5, 5.41) is 9.25. The number of pyridine rings is 1. The minimum atomic E-state index is -1.04. The van der Waals surface area contributed by atoms with E-state index >= 15 is 0 Å². The molecule has 1 aromatic carbocycles. The van der Waals surface area contributed by atoms with Crippen molar-refractivity contribution in [1.29, 1.82) is 0 Å². The van der Waals surface area contributed by atoms with E-state index in [1.165, 1.54) is 12.1 Å². The van der Waals surface area contributed by atoms with Crippen LogP contribution < -0.4 is 4.74 Å². The number of methoxy groups -OCH3 is 1. The molecule has 0 fully saturated rings. The number of nitrogens with zero attached hydrogens (tertiary/aromatic N) is 1. The summed E-state index contributed by atoms with van der Waals surface area (Å²) in [6, 6.07) is 10.3. The second kappa shape index (κ2) is 10.2. The number of hydrogen-bond donors (Lipinski definition) is 1. The first-order valence-corrected chi connectivity index (χ1v) is 8.09. The fourth-order valence-corrected chi connectivity index (χ4v) is 2.19. The van der Waals surface area contributed by atoms with Gasteiger partial charge in [-0.05, 0) is 37.3 Å². The first-order chi connectivity index (χ1) is 12.6. The number of carbonyl (C=O) groups is 1. The van der Waals surface area contributed by atoms with Gasteiger partial charge in [0.15, 0.2) is 0 Å². The Kier molecular flexibility index (Phi) is 7.62. The van der Waals surface area contributed by atoms with Crippen LogP contribution in [0.2, 0.25) is 0 Å². The molecule has 136 valence electrons. The Bertz CT molecular complexity index is 780. The third kappa shape index (κ3) is 6.55. The van der Waals surface area contributed by atoms with Gasteiger partial charge in [0.2, 0.25) is 0 Å². The highest BCUT2D eigenvalue weighted by molar-refractivity contribution is 5.88. The van der Waals surface area contributed by atoms with Crippen molar-refractivity contribution in [2.45, 2.75) is 19.6 Å². The summed E-state index contributed by atoms with van der Waals surface area (Å²) in [7, 11) is 1.58. The summed E-state index contributed by atoms with van der Waals surface area (Å²) >= 11 is 0. The van der Waals surface area contributed by atoms with Crippen LogP contribution in [0, 0.1) is 11.8 Å². The van der Waals surface area contributed by atoms with Gasteiger partial charge in [-0.15, -0.1) is 0 Å². The van der Waals surface area contributed by atoms with Crippen molar-refractivity contribution < 1.29 is 24.1 Å². The van der Waals surface area contributed by atoms with Crippen LogP contribution in [0.3, 0.4) is 0 Å². The van der Waals surface area contributed by atoms with E-state index in [2.05, 4.69) is 16.8 Å². The lowest BCUT2D eigenvalue weighted by Gasteiger charge is -2.14. The van der Waals surface area contributed by atoms with Crippen LogP contribution in [-0.2, 0) is 16.1 Å². The number of aromatic nitrogens is 1. The average Bonchev–Trinajstić information content (AvgIpc) is 2.62. The molecule has 0 amide bonds. The zero-order chi connectivity index (χ0) is 18.8. The molecule has 6 heteroatoms. The highest BCUT2D eigenvalue weighted by Gasteiger charge is 2.09. The maximum Gasteiger partial charge on any atom is 0.335 e. The van der Waals surface area contributed by atoms with E-state index in [0.717, 1.165) is 5.69 Å². The van der Waals surface area contributed by atoms with Gasteiger partial charge in [0.05, 0.1) is 24.5 Å². The molecule has 0 saturated carbocycles. The molecule has 0 spiro atoms. The Morgan fingerprint density at radius 1 is 1.31 bits per heavy atom. The van der Waals surface area contributed by atoms with Gasteiger partial charge >= 0.3 is 5.97 Å². The summed E-state index contributed by atoms with van der Waals surface area (Å²) in [4.78, 5) is 15.4. The maximum absolute atomic E-state index is 11.3. The Morgan fingerprint density at radius 3 is 2.85 bits per heavy atom. The Morgan fingerprint density at radius 2 is 2.15 bits per heavy atom. The Labute approximate surface area is 152 Å². The van der Waals surface area contributed by atoms with Crippen LogP contribution in [-0.4, -0.2) is 42.5 Å². The molecule has 2 rings (SSSR count). The van der Waals surface area contributed by atoms with Crippen LogP contribution >= 0.6 is 0 Å². The number of carboxylic acid groups (broad SMARTS) is 1. The lowest BCUT2D eigenvalue weighted by Crippen LogP contribution is -2.18. The molecule has 1 aromatic heterocycles. The number of aromatic carboxylic acids is 1. The molecule has 0 aliphatic carbocycles. The molecule has 1 N–H and O–H groups in total. The molecular formula is C20H21NO5. The summed E-state index contributed by atoms with van der Waals surface area (Å²) in [6.07, 6.45) is 1.50. The van der Waals surface area contributed by atoms with E-state index in [-0.39, 0.29) is 18.3 Å². The van der Waals surface area contributed by atoms with Gasteiger partial charge in [-0.25, -0.2) is 4.79 Å². The van der Waals surface area contributed by atoms with E-state index in [0.29, 0.717) is 24.5 Å². The molecule has 0 aliphatic heterocycles. The largest absolute Gasteiger partial charge is 0.488 e. The molecule has 1 heterocycles. The van der Waals surface area contributed by atoms with Gasteiger partial charge in [0.1, 0.15) is 18.5 Å². The Balaban J connectivity index is 2.01. The highest BCUT2D eigenvalue weighted by Crippen LogP contribution is 2.18. The quantitative estimate of drug-likeness (QED) is 0.579. The second-order valence-corrected chi connectivity index (χ2v) is 5.55. The van der Waals surface area contributed by atoms with Crippen molar-refractivity contribution in [1.82, 2.24) is 4.98 Å². The third-order valence-electron chi connectivity index (χ3n) is 3.28. The number of rotatable bonds is 8. The normalized spacial score (nSPS) is 11.3. The first-order valence-electron chi connectivity index (χ1n) is 8.09. The highest BCUT2D eigenvalue weighted by atomic mass is 16.5. The van der Waals surface area contributed by atoms with E-state index in [4.69, 9.17) is 14.2 Å². The molecule has 1 atom stereocenters. The van der Waals surface area contributed by atoms with Gasteiger partial charge in [0.25, 0.3) is 0 Å². The minimum Gasteiger partial charge on any atom is -0.488 e. The van der Waals surface area contributed by atoms with Gasteiger partial charge < -0.3 is 19.3 Å². The Hall–Kier alpha value is -2.88. The molecule has 26 heavy (non-hydrogen) atoms. The molecule has 0 aliphatic rings. The molecule has 0 saturated heterocycles. The van der Waals surface area contributed by atoms with Crippen LogP contribution in [0.4, 0.5) is 0 Å². The SMILES string of the molecule is COC[C@H](C)Oc1cc(C#CCOCc2ccccn2)cc(C(=O)O)c1. The number of ether oxygens (including phenoxy) is 3. The first kappa shape index (κ1) is 19.4. The van der Waals surface area contributed by atoms with Crippen molar-refractivity contribution in [3.63, 3.8) is 0 Å². The van der Waals surface area contributed by atoms with Gasteiger partial charge in [-0.2, -0.15) is 0 Å². The van der Waals surface area contributed by atoms with Crippen LogP contribution in [0.1, 0.15) is 28.5 Å². The standard InChI is InChI=1S/C20H21NO5/c1-15(13-24-2)26-19-11-16(10-17(12-19)20(22)23)6-5-9-25-14-18-7-3-4-8-21-18/h3-4,7-8,10-12,15H,9,13-14H2,1-2H3,(H,22,23)/t15-/m0/s1. The van der Waals surface area contributed by atoms with Crippen molar-refractivity contribution in [2.75, 3.05) is 20.3 Å². The van der Waals surface area contributed by atoms with Crippen LogP contribution in [0.15, 0.2) is 42.6 Å². The average molecular weight is 355 g/mol. The monoisotopic (exact) mass is 355 g/mol. The van der Waals surface area contributed by atoms with Crippen molar-refractivity contribution in [2.24, 2.45) is 0 Å². The molecule has 6 nitrogen and oxygen atoms in total. The summed E-state index contributed by atoms with van der Waals surface area (Å²) < 4.78 is 16.1. The predicted octanol–water partition coefficient (Wildman–Crippen LogP) is 2.76. The zero-order valence-corrected chi connectivity index (χ0v) is 14.8. The predicted molar refractivity (Wildman–Crippen MR) is 96.1 cm³/mol. The summed E-state index contributed by atoms with van der Waals surface area (Å²) in [5.41, 5.74) is 1.49. The molecule has 0 radical (unpaired) electrons. The van der Waals surface area contributed by atoms with E-state index < -0.39 is 5.97 Å². The lowest BCUT2D eigenvalue weighted by atomic mass is 10.1. The van der Waals surface area contributed by atoms with E-state index in [1.54, 1.807) is 19.4 Å². The molecule has 0 unspecified atom stereocenters. The third-order valence-corrected chi connectivity index (χ3v) is 3.28. The van der Waals surface area contributed by atoms with Crippen molar-refractivity contribution in [3.05, 3.63) is 59.4 Å². The van der Waals surface area contributed by atoms with Gasteiger partial charge in [-0.1, -0.05) is 17.9 Å². The van der Waals surface area contributed by atoms with Gasteiger partial charge in [-0.3, -0.25) is 4.98 Å². The van der Waals surface area contributed by atoms with Crippen molar-refractivity contribution >= 4 is 5.97 Å². The molecule has 0 bridgehead atoms. The molecular weight excluding hydrogens is 334 g/mol. The number of carboxylic acids is 1. The number of hydrogen-bond acceptors (Lipinski definition) is 5. The number of benzene rings is 1. The lowest BCUT2D eigenvalue weighted by molar-refractivity contribution is 0.0694. The fourth-order valence-electron chi connectivity index (χ4n) is 2.19. The van der Waals surface area contributed by atoms with Crippen molar-refractivity contribution in [3.8, 4) is 17.6 Å². The zero-order valence-electron chi connectivity index (χ0n) is 14.8. The maximum atomic E-state index is 11.3. The minimum absolute atomic E-state index is 0.117. The van der Waals surface area contributed by atoms with Crippen LogP contribution in [0.5, 0.6) is 5.75 Å². The van der Waals surface area contributed by atoms with E-state index in [1.807, 2.05) is 25.1 Å². The smallest absolute Gasteiger partial charge is 0.335 e. The summed E-state index contributed by atoms with van der Waals surface area (Å²) in [6.45, 7) is 2.82. The summed E-state index contributed by atoms with van der Waals surface area (Å²) in [5.74, 6) is 5.17. The fraction of sp³-hybridized carbons (Fsp3) is 0.300. The van der Waals surface area contributed by atoms with Gasteiger partial charge in [0, 0.05) is 18.9 Å².